The first-order chi connectivity index (χ1) is 9.37. The molecule has 1 saturated carbocycles. The number of aromatic nitrogens is 2. The van der Waals surface area contributed by atoms with Crippen molar-refractivity contribution in [2.75, 3.05) is 11.9 Å². The summed E-state index contributed by atoms with van der Waals surface area (Å²) in [7, 11) is 2.07. The van der Waals surface area contributed by atoms with E-state index < -0.39 is 0 Å². The molecule has 5 nitrogen and oxygen atoms in total. The van der Waals surface area contributed by atoms with Crippen molar-refractivity contribution in [3.8, 4) is 0 Å². The summed E-state index contributed by atoms with van der Waals surface area (Å²) < 4.78 is 5.78. The highest BCUT2D eigenvalue weighted by atomic mass is 16.4. The van der Waals surface area contributed by atoms with E-state index in [0.29, 0.717) is 30.4 Å². The summed E-state index contributed by atoms with van der Waals surface area (Å²) in [5.74, 6) is 1.35. The highest BCUT2D eigenvalue weighted by Gasteiger charge is 2.27. The summed E-state index contributed by atoms with van der Waals surface area (Å²) in [6.07, 6.45) is 5.15. The van der Waals surface area contributed by atoms with E-state index in [0.717, 1.165) is 0 Å². The zero-order chi connectivity index (χ0) is 14.8. The molecule has 5 heteroatoms. The number of nitrogens with one attached hydrogen (secondary N) is 1. The molecule has 0 saturated heterocycles. The van der Waals surface area contributed by atoms with E-state index in [1.165, 1.54) is 25.7 Å². The highest BCUT2D eigenvalue weighted by molar-refractivity contribution is 5.25. The molecule has 1 N–H and O–H groups in total. The molecule has 0 radical (unpaired) electrons. The number of hydrogen-bond donors (Lipinski definition) is 1. The van der Waals surface area contributed by atoms with E-state index in [9.17, 15) is 0 Å². The van der Waals surface area contributed by atoms with Gasteiger partial charge < -0.3 is 14.6 Å². The van der Waals surface area contributed by atoms with Gasteiger partial charge in [0.1, 0.15) is 0 Å². The van der Waals surface area contributed by atoms with Gasteiger partial charge in [-0.05, 0) is 39.5 Å². The Kier molecular flexibility index (Phi) is 4.68. The lowest BCUT2D eigenvalue weighted by molar-refractivity contribution is 0.308. The minimum Gasteiger partial charge on any atom is -0.407 e. The highest BCUT2D eigenvalue weighted by Crippen LogP contribution is 2.29. The summed E-state index contributed by atoms with van der Waals surface area (Å²) in [5.41, 5.74) is 0.0540. The van der Waals surface area contributed by atoms with Crippen LogP contribution in [0.3, 0.4) is 0 Å². The summed E-state index contributed by atoms with van der Waals surface area (Å²) in [6, 6.07) is 1.17. The van der Waals surface area contributed by atoms with Gasteiger partial charge in [-0.2, -0.15) is 0 Å². The summed E-state index contributed by atoms with van der Waals surface area (Å²) in [4.78, 5) is 2.16. The van der Waals surface area contributed by atoms with Crippen LogP contribution in [0.15, 0.2) is 4.42 Å². The Hall–Kier alpha value is -1.10. The number of nitrogens with zero attached hydrogens (tertiary/aromatic N) is 3. The van der Waals surface area contributed by atoms with Crippen LogP contribution in [-0.4, -0.2) is 28.8 Å². The minimum atomic E-state index is 0.0540. The Morgan fingerprint density at radius 1 is 1.25 bits per heavy atom. The van der Waals surface area contributed by atoms with Crippen molar-refractivity contribution in [2.24, 2.45) is 5.92 Å². The maximum absolute atomic E-state index is 5.78. The Balaban J connectivity index is 1.97. The second kappa shape index (κ2) is 6.12. The minimum absolute atomic E-state index is 0.0540. The van der Waals surface area contributed by atoms with Crippen LogP contribution in [0, 0.1) is 5.92 Å². The van der Waals surface area contributed by atoms with Crippen LogP contribution in [0.2, 0.25) is 0 Å². The van der Waals surface area contributed by atoms with Crippen molar-refractivity contribution < 1.29 is 4.42 Å². The molecule has 1 aliphatic rings. The molecule has 1 aliphatic carbocycles. The molecule has 1 aromatic rings. The third-order valence-electron chi connectivity index (χ3n) is 4.09. The Morgan fingerprint density at radius 2 is 1.95 bits per heavy atom. The van der Waals surface area contributed by atoms with Crippen LogP contribution in [0.4, 0.5) is 6.01 Å². The number of anilines is 1. The molecular weight excluding hydrogens is 252 g/mol. The average Bonchev–Trinajstić information content (AvgIpc) is 2.84. The largest absolute Gasteiger partial charge is 0.407 e. The van der Waals surface area contributed by atoms with Gasteiger partial charge in [0, 0.05) is 18.6 Å². The van der Waals surface area contributed by atoms with Crippen molar-refractivity contribution in [2.45, 2.75) is 71.5 Å². The Bertz CT molecular complexity index is 424. The molecule has 0 amide bonds. The van der Waals surface area contributed by atoms with E-state index >= 15 is 0 Å². The van der Waals surface area contributed by atoms with Crippen molar-refractivity contribution in [1.82, 2.24) is 15.5 Å². The normalized spacial score (nSPS) is 23.9. The number of hydrogen-bond acceptors (Lipinski definition) is 5. The van der Waals surface area contributed by atoms with Gasteiger partial charge in [0.05, 0.1) is 6.54 Å². The molecule has 1 fully saturated rings. The monoisotopic (exact) mass is 280 g/mol. The molecule has 1 aromatic heterocycles. The van der Waals surface area contributed by atoms with E-state index in [-0.39, 0.29) is 5.54 Å². The van der Waals surface area contributed by atoms with Crippen LogP contribution in [0.5, 0.6) is 0 Å². The predicted octanol–water partition coefficient (Wildman–Crippen LogP) is 2.97. The van der Waals surface area contributed by atoms with E-state index in [1.54, 1.807) is 0 Å². The van der Waals surface area contributed by atoms with Crippen LogP contribution in [0.25, 0.3) is 0 Å². The Morgan fingerprint density at radius 3 is 2.60 bits per heavy atom. The van der Waals surface area contributed by atoms with Crippen molar-refractivity contribution >= 4 is 6.01 Å². The van der Waals surface area contributed by atoms with Gasteiger partial charge in [0.25, 0.3) is 0 Å². The SMILES string of the molecule is CC1CCCCC1N(C)c1nnc(CNC(C)(C)C)o1. The lowest BCUT2D eigenvalue weighted by atomic mass is 9.85. The third kappa shape index (κ3) is 3.95. The fourth-order valence-corrected chi connectivity index (χ4v) is 2.81. The fraction of sp³-hybridized carbons (Fsp3) is 0.867. The van der Waals surface area contributed by atoms with E-state index in [4.69, 9.17) is 4.42 Å². The zero-order valence-electron chi connectivity index (χ0n) is 13.4. The second-order valence-corrected chi connectivity index (χ2v) is 7.02. The summed E-state index contributed by atoms with van der Waals surface area (Å²) in [6.45, 7) is 9.31. The van der Waals surface area contributed by atoms with Gasteiger partial charge in [-0.3, -0.25) is 0 Å². The van der Waals surface area contributed by atoms with Crippen molar-refractivity contribution in [1.29, 1.82) is 0 Å². The van der Waals surface area contributed by atoms with Gasteiger partial charge in [0.15, 0.2) is 0 Å². The molecule has 0 aliphatic heterocycles. The second-order valence-electron chi connectivity index (χ2n) is 7.02. The third-order valence-corrected chi connectivity index (χ3v) is 4.09. The quantitative estimate of drug-likeness (QED) is 0.919. The first kappa shape index (κ1) is 15.3. The summed E-state index contributed by atoms with van der Waals surface area (Å²) in [5, 5.41) is 11.7. The summed E-state index contributed by atoms with van der Waals surface area (Å²) >= 11 is 0. The van der Waals surface area contributed by atoms with Crippen LogP contribution >= 0.6 is 0 Å². The van der Waals surface area contributed by atoms with Gasteiger partial charge in [-0.25, -0.2) is 0 Å². The standard InChI is InChI=1S/C15H28N4O/c1-11-8-6-7-9-12(11)19(5)14-18-17-13(20-14)10-16-15(2,3)4/h11-12,16H,6-10H2,1-5H3. The van der Waals surface area contributed by atoms with Gasteiger partial charge >= 0.3 is 6.01 Å². The fourth-order valence-electron chi connectivity index (χ4n) is 2.81. The van der Waals surface area contributed by atoms with Crippen molar-refractivity contribution in [3.05, 3.63) is 5.89 Å². The molecule has 1 heterocycles. The molecule has 2 unspecified atom stereocenters. The molecular formula is C15H28N4O. The first-order valence-electron chi connectivity index (χ1n) is 7.67. The van der Waals surface area contributed by atoms with Crippen molar-refractivity contribution in [3.63, 3.8) is 0 Å². The molecule has 0 aromatic carbocycles. The van der Waals surface area contributed by atoms with Gasteiger partial charge in [-0.15, -0.1) is 5.10 Å². The zero-order valence-corrected chi connectivity index (χ0v) is 13.4. The lowest BCUT2D eigenvalue weighted by Crippen LogP contribution is -2.39. The topological polar surface area (TPSA) is 54.2 Å². The van der Waals surface area contributed by atoms with E-state index in [1.807, 2.05) is 0 Å². The first-order valence-corrected chi connectivity index (χ1v) is 7.67. The van der Waals surface area contributed by atoms with Gasteiger partial charge in [0.2, 0.25) is 5.89 Å². The number of rotatable bonds is 4. The Labute approximate surface area is 122 Å². The maximum Gasteiger partial charge on any atom is 0.318 e. The molecule has 0 bridgehead atoms. The molecule has 0 spiro atoms. The lowest BCUT2D eigenvalue weighted by Gasteiger charge is -2.35. The average molecular weight is 280 g/mol. The van der Waals surface area contributed by atoms with Crippen LogP contribution in [0.1, 0.15) is 59.3 Å². The van der Waals surface area contributed by atoms with Gasteiger partial charge in [-0.1, -0.05) is 24.9 Å². The maximum atomic E-state index is 5.78. The molecule has 114 valence electrons. The predicted molar refractivity (Wildman–Crippen MR) is 80.7 cm³/mol. The molecule has 20 heavy (non-hydrogen) atoms. The van der Waals surface area contributed by atoms with Crippen LogP contribution in [-0.2, 0) is 6.54 Å². The van der Waals surface area contributed by atoms with E-state index in [2.05, 4.69) is 55.2 Å². The van der Waals surface area contributed by atoms with Crippen LogP contribution < -0.4 is 10.2 Å². The molecule has 2 atom stereocenters. The molecule has 2 rings (SSSR count). The smallest absolute Gasteiger partial charge is 0.318 e.